The summed E-state index contributed by atoms with van der Waals surface area (Å²) in [5.41, 5.74) is 1.18. The van der Waals surface area contributed by atoms with Gasteiger partial charge in [0, 0.05) is 30.4 Å². The summed E-state index contributed by atoms with van der Waals surface area (Å²) in [4.78, 5) is 19.4. The molecule has 1 aromatic heterocycles. The first-order valence-electron chi connectivity index (χ1n) is 11.3. The minimum absolute atomic E-state index is 0.0229. The summed E-state index contributed by atoms with van der Waals surface area (Å²) in [5, 5.41) is 8.80. The Morgan fingerprint density at radius 2 is 1.69 bits per heavy atom. The fraction of sp³-hybridized carbons (Fsp3) is 0.292. The summed E-state index contributed by atoms with van der Waals surface area (Å²) in [5.74, 6) is 2.09. The smallest absolute Gasteiger partial charge is 0.232 e. The van der Waals surface area contributed by atoms with E-state index >= 15 is 0 Å². The van der Waals surface area contributed by atoms with Crippen LogP contribution in [0.5, 0.6) is 23.0 Å². The van der Waals surface area contributed by atoms with Crippen LogP contribution < -0.4 is 39.2 Å². The second-order valence-electron chi connectivity index (χ2n) is 7.84. The van der Waals surface area contributed by atoms with E-state index in [1.165, 1.54) is 34.6 Å². The Morgan fingerprint density at radius 1 is 1.00 bits per heavy atom. The van der Waals surface area contributed by atoms with Gasteiger partial charge in [-0.1, -0.05) is 11.6 Å². The van der Waals surface area contributed by atoms with Crippen molar-refractivity contribution < 1.29 is 32.2 Å². The molecule has 0 aliphatic rings. The predicted octanol–water partition coefficient (Wildman–Crippen LogP) is 3.16. The van der Waals surface area contributed by atoms with Crippen LogP contribution in [0.15, 0.2) is 36.5 Å². The Balaban J connectivity index is 1.99. The number of nitrogens with zero attached hydrogens (tertiary/aromatic N) is 3. The van der Waals surface area contributed by atoms with E-state index in [2.05, 4.69) is 25.9 Å². The molecule has 0 unspecified atom stereocenters. The minimum atomic E-state index is -3.75. The SMILES string of the molecule is COc1ccc(Nc2nc(Nc3cc(OC)c(OC)c(OC)c3)ncc2Cl)c(N(CCNC=O)S(C)(=O)=O)c1. The van der Waals surface area contributed by atoms with E-state index in [0.29, 0.717) is 40.8 Å². The van der Waals surface area contributed by atoms with Crippen LogP contribution in [-0.2, 0) is 14.8 Å². The lowest BCUT2D eigenvalue weighted by molar-refractivity contribution is -0.109. The first-order chi connectivity index (χ1) is 18.6. The van der Waals surface area contributed by atoms with Crippen LogP contribution in [0.4, 0.5) is 28.8 Å². The maximum Gasteiger partial charge on any atom is 0.232 e. The van der Waals surface area contributed by atoms with Gasteiger partial charge >= 0.3 is 0 Å². The van der Waals surface area contributed by atoms with Crippen molar-refractivity contribution in [1.82, 2.24) is 15.3 Å². The van der Waals surface area contributed by atoms with Crippen molar-refractivity contribution in [3.05, 3.63) is 41.6 Å². The molecule has 0 spiro atoms. The predicted molar refractivity (Wildman–Crippen MR) is 149 cm³/mol. The molecule has 0 fully saturated rings. The number of hydrogen-bond donors (Lipinski definition) is 3. The van der Waals surface area contributed by atoms with Crippen molar-refractivity contribution in [3.63, 3.8) is 0 Å². The van der Waals surface area contributed by atoms with Gasteiger partial charge in [0.05, 0.1) is 58.8 Å². The van der Waals surface area contributed by atoms with E-state index < -0.39 is 10.0 Å². The summed E-state index contributed by atoms with van der Waals surface area (Å²) in [6.07, 6.45) is 2.95. The van der Waals surface area contributed by atoms with Crippen LogP contribution in [0, 0.1) is 0 Å². The third kappa shape index (κ3) is 7.23. The summed E-state index contributed by atoms with van der Waals surface area (Å²) in [6, 6.07) is 8.20. The van der Waals surface area contributed by atoms with Gasteiger partial charge in [0.25, 0.3) is 0 Å². The van der Waals surface area contributed by atoms with Gasteiger partial charge in [-0.05, 0) is 12.1 Å². The summed E-state index contributed by atoms with van der Waals surface area (Å²) in [7, 11) is 2.23. The maximum absolute atomic E-state index is 12.7. The lowest BCUT2D eigenvalue weighted by Gasteiger charge is -2.25. The molecule has 0 atom stereocenters. The van der Waals surface area contributed by atoms with E-state index in [1.54, 1.807) is 30.3 Å². The molecule has 1 amide bonds. The number of carbonyl (C=O) groups is 1. The number of nitrogens with one attached hydrogen (secondary N) is 3. The van der Waals surface area contributed by atoms with Gasteiger partial charge in [0.15, 0.2) is 17.3 Å². The Hall–Kier alpha value is -4.17. The number of anilines is 5. The molecule has 1 heterocycles. The fourth-order valence-electron chi connectivity index (χ4n) is 3.57. The first-order valence-corrected chi connectivity index (χ1v) is 13.6. The molecule has 0 aliphatic carbocycles. The topological polar surface area (TPSA) is 153 Å². The van der Waals surface area contributed by atoms with E-state index in [1.807, 2.05) is 0 Å². The van der Waals surface area contributed by atoms with Gasteiger partial charge < -0.3 is 34.9 Å². The molecule has 15 heteroatoms. The normalized spacial score (nSPS) is 10.8. The lowest BCUT2D eigenvalue weighted by Crippen LogP contribution is -2.36. The van der Waals surface area contributed by atoms with E-state index in [-0.39, 0.29) is 35.6 Å². The van der Waals surface area contributed by atoms with E-state index in [4.69, 9.17) is 30.5 Å². The van der Waals surface area contributed by atoms with Crippen molar-refractivity contribution in [3.8, 4) is 23.0 Å². The summed E-state index contributed by atoms with van der Waals surface area (Å²) >= 11 is 6.39. The van der Waals surface area contributed by atoms with Crippen LogP contribution in [0.2, 0.25) is 5.02 Å². The van der Waals surface area contributed by atoms with Gasteiger partial charge in [0.2, 0.25) is 28.1 Å². The van der Waals surface area contributed by atoms with Crippen molar-refractivity contribution >= 4 is 56.9 Å². The monoisotopic (exact) mass is 580 g/mol. The zero-order valence-corrected chi connectivity index (χ0v) is 23.5. The summed E-state index contributed by atoms with van der Waals surface area (Å²) < 4.78 is 47.9. The van der Waals surface area contributed by atoms with Gasteiger partial charge in [-0.15, -0.1) is 0 Å². The molecule has 39 heavy (non-hydrogen) atoms. The van der Waals surface area contributed by atoms with Crippen LogP contribution >= 0.6 is 11.6 Å². The number of hydrogen-bond acceptors (Lipinski definition) is 11. The molecule has 0 saturated carbocycles. The van der Waals surface area contributed by atoms with Gasteiger partial charge in [-0.3, -0.25) is 9.10 Å². The highest BCUT2D eigenvalue weighted by Gasteiger charge is 2.22. The molecular weight excluding hydrogens is 552 g/mol. The Kier molecular flexibility index (Phi) is 9.84. The van der Waals surface area contributed by atoms with Crippen molar-refractivity contribution in [1.29, 1.82) is 0 Å². The number of sulfonamides is 1. The molecular formula is C24H29ClN6O7S. The van der Waals surface area contributed by atoms with E-state index in [9.17, 15) is 13.2 Å². The number of benzene rings is 2. The Morgan fingerprint density at radius 3 is 2.26 bits per heavy atom. The fourth-order valence-corrected chi connectivity index (χ4v) is 4.63. The molecule has 0 aliphatic heterocycles. The average Bonchev–Trinajstić information content (AvgIpc) is 2.92. The molecule has 3 aromatic rings. The van der Waals surface area contributed by atoms with Crippen molar-refractivity contribution in [2.24, 2.45) is 0 Å². The van der Waals surface area contributed by atoms with Crippen LogP contribution in [-0.4, -0.2) is 72.6 Å². The number of amides is 1. The third-order valence-corrected chi connectivity index (χ3v) is 6.79. The van der Waals surface area contributed by atoms with Crippen LogP contribution in [0.3, 0.4) is 0 Å². The second kappa shape index (κ2) is 13.1. The van der Waals surface area contributed by atoms with Gasteiger partial charge in [-0.25, -0.2) is 13.4 Å². The average molecular weight is 581 g/mol. The molecule has 13 nitrogen and oxygen atoms in total. The second-order valence-corrected chi connectivity index (χ2v) is 10.2. The van der Waals surface area contributed by atoms with Gasteiger partial charge in [-0.2, -0.15) is 4.98 Å². The summed E-state index contributed by atoms with van der Waals surface area (Å²) in [6.45, 7) is 0.0647. The molecule has 0 saturated heterocycles. The maximum atomic E-state index is 12.7. The Labute approximate surface area is 231 Å². The zero-order valence-electron chi connectivity index (χ0n) is 21.9. The zero-order chi connectivity index (χ0) is 28.6. The largest absolute Gasteiger partial charge is 0.497 e. The molecule has 210 valence electrons. The third-order valence-electron chi connectivity index (χ3n) is 5.33. The molecule has 2 aromatic carbocycles. The number of methoxy groups -OCH3 is 4. The first kappa shape index (κ1) is 29.4. The molecule has 3 rings (SSSR count). The minimum Gasteiger partial charge on any atom is -0.497 e. The van der Waals surface area contributed by atoms with Crippen molar-refractivity contribution in [2.45, 2.75) is 0 Å². The Bertz CT molecular complexity index is 1400. The molecule has 3 N–H and O–H groups in total. The van der Waals surface area contributed by atoms with Crippen molar-refractivity contribution in [2.75, 3.05) is 62.7 Å². The van der Waals surface area contributed by atoms with Gasteiger partial charge in [0.1, 0.15) is 10.8 Å². The number of aromatic nitrogens is 2. The highest BCUT2D eigenvalue weighted by molar-refractivity contribution is 7.92. The number of ether oxygens (including phenoxy) is 4. The van der Waals surface area contributed by atoms with E-state index in [0.717, 1.165) is 10.6 Å². The number of carbonyl (C=O) groups excluding carboxylic acids is 1. The standard InChI is InChI=1S/C24H29ClN6O7S/c1-35-16-6-7-18(19(12-16)31(39(5,33)34)9-8-26-14-32)29-23-17(25)13-27-24(30-23)28-15-10-20(36-2)22(38-4)21(11-15)37-3/h6-7,10-14H,8-9H2,1-5H3,(H,26,32)(H2,27,28,29,30). The number of rotatable bonds is 14. The highest BCUT2D eigenvalue weighted by Crippen LogP contribution is 2.41. The van der Waals surface area contributed by atoms with Crippen LogP contribution in [0.1, 0.15) is 0 Å². The van der Waals surface area contributed by atoms with Crippen LogP contribution in [0.25, 0.3) is 0 Å². The lowest BCUT2D eigenvalue weighted by atomic mass is 10.2. The molecule has 0 radical (unpaired) electrons. The highest BCUT2D eigenvalue weighted by atomic mass is 35.5. The number of halogens is 1. The molecule has 0 bridgehead atoms. The quantitative estimate of drug-likeness (QED) is 0.190.